The normalized spacial score (nSPS) is 10.6. The quantitative estimate of drug-likeness (QED) is 0.498. The topological polar surface area (TPSA) is 73.6 Å². The Morgan fingerprint density at radius 3 is 2.61 bits per heavy atom. The Hall–Kier alpha value is -2.48. The van der Waals surface area contributed by atoms with E-state index in [1.165, 1.54) is 18.3 Å². The minimum Gasteiger partial charge on any atom is -0.508 e. The summed E-state index contributed by atoms with van der Waals surface area (Å²) in [4.78, 5) is 13.0. The van der Waals surface area contributed by atoms with E-state index in [1.807, 2.05) is 0 Å². The molecule has 5 nitrogen and oxygen atoms in total. The molecule has 0 saturated heterocycles. The van der Waals surface area contributed by atoms with Crippen LogP contribution >= 0.6 is 0 Å². The third kappa shape index (κ3) is 3.52. The van der Waals surface area contributed by atoms with Gasteiger partial charge in [0, 0.05) is 18.9 Å². The van der Waals surface area contributed by atoms with Crippen LogP contribution in [-0.4, -0.2) is 24.7 Å². The van der Waals surface area contributed by atoms with Crippen LogP contribution in [0.25, 0.3) is 0 Å². The fourth-order valence-corrected chi connectivity index (χ4v) is 1.29. The molecule has 1 aromatic rings. The van der Waals surface area contributed by atoms with E-state index in [1.54, 1.807) is 37.1 Å². The Kier molecular flexibility index (Phi) is 4.76. The number of nitriles is 1. The molecule has 0 heterocycles. The molecule has 94 valence electrons. The maximum atomic E-state index is 11.4. The number of carbonyl (C=O) groups is 1. The first-order chi connectivity index (χ1) is 8.58. The Labute approximate surface area is 106 Å². The Morgan fingerprint density at radius 2 is 2.11 bits per heavy atom. The smallest absolute Gasteiger partial charge is 0.350 e. The molecule has 0 bridgehead atoms. The first-order valence-corrected chi connectivity index (χ1v) is 5.39. The second-order valence-corrected chi connectivity index (χ2v) is 3.50. The molecule has 0 aromatic heterocycles. The van der Waals surface area contributed by atoms with Crippen molar-refractivity contribution >= 4 is 11.7 Å². The fourth-order valence-electron chi connectivity index (χ4n) is 1.29. The first-order valence-electron chi connectivity index (χ1n) is 5.39. The Balaban J connectivity index is 2.89. The van der Waals surface area contributed by atoms with Gasteiger partial charge in [0.25, 0.3) is 0 Å². The van der Waals surface area contributed by atoms with Crippen LogP contribution < -0.4 is 4.90 Å². The van der Waals surface area contributed by atoms with Gasteiger partial charge in [-0.05, 0) is 31.2 Å². The van der Waals surface area contributed by atoms with Gasteiger partial charge in [-0.25, -0.2) is 4.79 Å². The maximum absolute atomic E-state index is 11.4. The van der Waals surface area contributed by atoms with E-state index in [-0.39, 0.29) is 17.9 Å². The van der Waals surface area contributed by atoms with E-state index < -0.39 is 5.97 Å². The molecular weight excluding hydrogens is 232 g/mol. The molecule has 5 heteroatoms. The molecular formula is C13H14N2O3. The molecule has 0 aliphatic rings. The molecule has 18 heavy (non-hydrogen) atoms. The van der Waals surface area contributed by atoms with Crippen molar-refractivity contribution in [2.45, 2.75) is 6.92 Å². The fraction of sp³-hybridized carbons (Fsp3) is 0.231. The number of esters is 1. The van der Waals surface area contributed by atoms with Gasteiger partial charge in [-0.15, -0.1) is 0 Å². The van der Waals surface area contributed by atoms with E-state index in [0.717, 1.165) is 5.69 Å². The lowest BCUT2D eigenvalue weighted by atomic mass is 10.2. The molecule has 0 saturated carbocycles. The van der Waals surface area contributed by atoms with Gasteiger partial charge in [0.15, 0.2) is 5.57 Å². The van der Waals surface area contributed by atoms with Crippen molar-refractivity contribution in [2.75, 3.05) is 18.6 Å². The zero-order chi connectivity index (χ0) is 13.5. The molecule has 1 rings (SSSR count). The minimum absolute atomic E-state index is 0.0765. The SMILES string of the molecule is CCOC(=O)/C(C#N)=C/N(C)c1ccc(O)cc1. The van der Waals surface area contributed by atoms with Crippen molar-refractivity contribution in [1.29, 1.82) is 5.26 Å². The van der Waals surface area contributed by atoms with E-state index in [0.29, 0.717) is 0 Å². The highest BCUT2D eigenvalue weighted by Gasteiger charge is 2.11. The summed E-state index contributed by atoms with van der Waals surface area (Å²) >= 11 is 0. The van der Waals surface area contributed by atoms with E-state index >= 15 is 0 Å². The minimum atomic E-state index is -0.648. The molecule has 1 N–H and O–H groups in total. The number of hydrogen-bond donors (Lipinski definition) is 1. The second-order valence-electron chi connectivity index (χ2n) is 3.50. The number of benzene rings is 1. The lowest BCUT2D eigenvalue weighted by Gasteiger charge is -2.14. The van der Waals surface area contributed by atoms with Crippen molar-refractivity contribution in [2.24, 2.45) is 0 Å². The Bertz CT molecular complexity index is 486. The summed E-state index contributed by atoms with van der Waals surface area (Å²) in [7, 11) is 1.70. The monoisotopic (exact) mass is 246 g/mol. The van der Waals surface area contributed by atoms with Crippen molar-refractivity contribution < 1.29 is 14.6 Å². The highest BCUT2D eigenvalue weighted by Crippen LogP contribution is 2.18. The summed E-state index contributed by atoms with van der Waals surface area (Å²) in [6.45, 7) is 1.90. The second kappa shape index (κ2) is 6.30. The highest BCUT2D eigenvalue weighted by molar-refractivity contribution is 5.93. The summed E-state index contributed by atoms with van der Waals surface area (Å²) in [5, 5.41) is 18.0. The predicted octanol–water partition coefficient (Wildman–Crippen LogP) is 1.80. The lowest BCUT2D eigenvalue weighted by molar-refractivity contribution is -0.138. The largest absolute Gasteiger partial charge is 0.508 e. The van der Waals surface area contributed by atoms with Crippen LogP contribution in [0.1, 0.15) is 6.92 Å². The van der Waals surface area contributed by atoms with E-state index in [2.05, 4.69) is 0 Å². The van der Waals surface area contributed by atoms with Crippen LogP contribution in [0, 0.1) is 11.3 Å². The van der Waals surface area contributed by atoms with Gasteiger partial charge in [0.05, 0.1) is 6.61 Å². The van der Waals surface area contributed by atoms with Gasteiger partial charge in [-0.3, -0.25) is 0 Å². The van der Waals surface area contributed by atoms with Crippen molar-refractivity contribution in [1.82, 2.24) is 0 Å². The molecule has 0 amide bonds. The van der Waals surface area contributed by atoms with Crippen LogP contribution in [0.15, 0.2) is 36.0 Å². The number of hydrogen-bond acceptors (Lipinski definition) is 5. The van der Waals surface area contributed by atoms with Crippen LogP contribution in [0.5, 0.6) is 5.75 Å². The summed E-state index contributed by atoms with van der Waals surface area (Å²) in [5.74, 6) is -0.493. The number of rotatable bonds is 4. The van der Waals surface area contributed by atoms with Gasteiger partial charge < -0.3 is 14.7 Å². The standard InChI is InChI=1S/C13H14N2O3/c1-3-18-13(17)10(8-14)9-15(2)11-4-6-12(16)7-5-11/h4-7,9,16H,3H2,1-2H3/b10-9+. The van der Waals surface area contributed by atoms with Crippen LogP contribution in [-0.2, 0) is 9.53 Å². The molecule has 0 fully saturated rings. The first kappa shape index (κ1) is 13.6. The zero-order valence-corrected chi connectivity index (χ0v) is 10.3. The number of nitrogens with zero attached hydrogens (tertiary/aromatic N) is 2. The number of phenols is 1. The summed E-state index contributed by atoms with van der Waals surface area (Å²) in [6, 6.07) is 8.19. The van der Waals surface area contributed by atoms with E-state index in [9.17, 15) is 4.79 Å². The lowest BCUT2D eigenvalue weighted by Crippen LogP contribution is -2.14. The molecule has 0 unspecified atom stereocenters. The number of carbonyl (C=O) groups excluding carboxylic acids is 1. The van der Waals surface area contributed by atoms with Gasteiger partial charge in [0.2, 0.25) is 0 Å². The van der Waals surface area contributed by atoms with Gasteiger partial charge in [-0.1, -0.05) is 0 Å². The molecule has 0 aliphatic heterocycles. The van der Waals surface area contributed by atoms with Gasteiger partial charge >= 0.3 is 5.97 Å². The summed E-state index contributed by atoms with van der Waals surface area (Å²) < 4.78 is 4.75. The number of aromatic hydroxyl groups is 1. The van der Waals surface area contributed by atoms with Crippen LogP contribution in [0.3, 0.4) is 0 Å². The third-order valence-corrected chi connectivity index (χ3v) is 2.20. The zero-order valence-electron chi connectivity index (χ0n) is 10.3. The predicted molar refractivity (Wildman–Crippen MR) is 66.8 cm³/mol. The van der Waals surface area contributed by atoms with Crippen LogP contribution in [0.2, 0.25) is 0 Å². The summed E-state index contributed by atoms with van der Waals surface area (Å²) in [5.41, 5.74) is 0.664. The average molecular weight is 246 g/mol. The molecule has 0 spiro atoms. The van der Waals surface area contributed by atoms with E-state index in [4.69, 9.17) is 15.1 Å². The maximum Gasteiger partial charge on any atom is 0.350 e. The van der Waals surface area contributed by atoms with Gasteiger partial charge in [0.1, 0.15) is 11.8 Å². The summed E-state index contributed by atoms with van der Waals surface area (Å²) in [6.07, 6.45) is 1.39. The van der Waals surface area contributed by atoms with Crippen molar-refractivity contribution in [3.63, 3.8) is 0 Å². The third-order valence-electron chi connectivity index (χ3n) is 2.20. The molecule has 1 aromatic carbocycles. The Morgan fingerprint density at radius 1 is 1.50 bits per heavy atom. The van der Waals surface area contributed by atoms with Crippen molar-refractivity contribution in [3.8, 4) is 11.8 Å². The number of ether oxygens (including phenoxy) is 1. The number of phenolic OH excluding ortho intramolecular Hbond substituents is 1. The number of anilines is 1. The van der Waals surface area contributed by atoms with Gasteiger partial charge in [-0.2, -0.15) is 5.26 Å². The molecule has 0 atom stereocenters. The molecule has 0 radical (unpaired) electrons. The van der Waals surface area contributed by atoms with Crippen LogP contribution in [0.4, 0.5) is 5.69 Å². The van der Waals surface area contributed by atoms with Crippen molar-refractivity contribution in [3.05, 3.63) is 36.0 Å². The molecule has 0 aliphatic carbocycles. The average Bonchev–Trinajstić information content (AvgIpc) is 2.36. The highest BCUT2D eigenvalue weighted by atomic mass is 16.5.